The van der Waals surface area contributed by atoms with Gasteiger partial charge in [0.2, 0.25) is 0 Å². The molecule has 2 amide bonds. The first-order chi connectivity index (χ1) is 11.9. The van der Waals surface area contributed by atoms with Gasteiger partial charge in [0.05, 0.1) is 17.3 Å². The molecule has 1 rings (SSSR count). The van der Waals surface area contributed by atoms with Gasteiger partial charge in [-0.25, -0.2) is 10.2 Å². The molecular formula is C15H18BrN3O6. The van der Waals surface area contributed by atoms with Gasteiger partial charge in [-0.05, 0) is 47.5 Å². The predicted octanol–water partition coefficient (Wildman–Crippen LogP) is 0.897. The largest absolute Gasteiger partial charge is 0.490 e. The monoisotopic (exact) mass is 415 g/mol. The number of likely N-dealkylation sites (N-methyl/N-ethyl adjacent to an activating group) is 1. The van der Waals surface area contributed by atoms with Crippen molar-refractivity contribution in [3.8, 4) is 11.5 Å². The lowest BCUT2D eigenvalue weighted by atomic mass is 10.2. The van der Waals surface area contributed by atoms with Crippen LogP contribution in [0.25, 0.3) is 0 Å². The Balaban J connectivity index is 2.90. The molecule has 25 heavy (non-hydrogen) atoms. The fraction of sp³-hybridized carbons (Fsp3) is 0.333. The maximum atomic E-state index is 11.4. The van der Waals surface area contributed by atoms with Crippen LogP contribution in [-0.2, 0) is 14.4 Å². The van der Waals surface area contributed by atoms with Gasteiger partial charge < -0.3 is 19.9 Å². The van der Waals surface area contributed by atoms with Gasteiger partial charge in [-0.15, -0.1) is 0 Å². The van der Waals surface area contributed by atoms with Crippen molar-refractivity contribution in [2.24, 2.45) is 5.10 Å². The second kappa shape index (κ2) is 10.3. The van der Waals surface area contributed by atoms with Gasteiger partial charge >= 0.3 is 17.8 Å². The Kier molecular flexibility index (Phi) is 8.40. The number of nitrogens with zero attached hydrogens (tertiary/aromatic N) is 1. The summed E-state index contributed by atoms with van der Waals surface area (Å²) in [6.07, 6.45) is 1.31. The fourth-order valence-electron chi connectivity index (χ4n) is 1.66. The van der Waals surface area contributed by atoms with Gasteiger partial charge in [0.1, 0.15) is 0 Å². The molecule has 0 fully saturated rings. The van der Waals surface area contributed by atoms with E-state index in [-0.39, 0.29) is 5.75 Å². The van der Waals surface area contributed by atoms with Crippen molar-refractivity contribution in [1.82, 2.24) is 10.7 Å². The molecule has 10 heteroatoms. The molecule has 1 aromatic carbocycles. The number of hydrazone groups is 1. The first-order valence-electron chi connectivity index (χ1n) is 7.31. The molecule has 0 spiro atoms. The van der Waals surface area contributed by atoms with Crippen LogP contribution in [0, 0.1) is 0 Å². The summed E-state index contributed by atoms with van der Waals surface area (Å²) in [4.78, 5) is 33.3. The van der Waals surface area contributed by atoms with Crippen LogP contribution in [0.1, 0.15) is 19.4 Å². The van der Waals surface area contributed by atoms with E-state index in [2.05, 4.69) is 31.8 Å². The van der Waals surface area contributed by atoms with Crippen molar-refractivity contribution in [3.63, 3.8) is 0 Å². The number of carboxylic acids is 1. The highest BCUT2D eigenvalue weighted by Gasteiger charge is 2.14. The second-order valence-corrected chi connectivity index (χ2v) is 5.36. The van der Waals surface area contributed by atoms with E-state index in [0.29, 0.717) is 28.9 Å². The smallest absolute Gasteiger partial charge is 0.341 e. The van der Waals surface area contributed by atoms with E-state index >= 15 is 0 Å². The Morgan fingerprint density at radius 2 is 1.96 bits per heavy atom. The third-order valence-corrected chi connectivity index (χ3v) is 3.18. The number of amides is 2. The summed E-state index contributed by atoms with van der Waals surface area (Å²) >= 11 is 3.27. The van der Waals surface area contributed by atoms with Crippen molar-refractivity contribution in [2.45, 2.75) is 13.8 Å². The number of carbonyl (C=O) groups excluding carboxylic acids is 2. The van der Waals surface area contributed by atoms with Crippen LogP contribution in [0.2, 0.25) is 0 Å². The fourth-order valence-corrected chi connectivity index (χ4v) is 2.23. The van der Waals surface area contributed by atoms with Gasteiger partial charge in [-0.2, -0.15) is 5.10 Å². The number of carboxylic acid groups (broad SMARTS) is 1. The molecule has 0 heterocycles. The molecule has 136 valence electrons. The van der Waals surface area contributed by atoms with Crippen LogP contribution >= 0.6 is 15.9 Å². The zero-order valence-corrected chi connectivity index (χ0v) is 15.3. The third kappa shape index (κ3) is 6.79. The third-order valence-electron chi connectivity index (χ3n) is 2.59. The van der Waals surface area contributed by atoms with E-state index < -0.39 is 24.4 Å². The highest BCUT2D eigenvalue weighted by molar-refractivity contribution is 9.10. The van der Waals surface area contributed by atoms with Gasteiger partial charge in [0, 0.05) is 6.54 Å². The molecule has 0 aliphatic carbocycles. The minimum atomic E-state index is -1.12. The molecule has 0 atom stereocenters. The molecule has 0 saturated heterocycles. The summed E-state index contributed by atoms with van der Waals surface area (Å²) in [5, 5.41) is 14.8. The number of aliphatic carboxylic acids is 1. The van der Waals surface area contributed by atoms with Crippen LogP contribution in [0.15, 0.2) is 21.7 Å². The number of benzene rings is 1. The van der Waals surface area contributed by atoms with Crippen LogP contribution < -0.4 is 20.2 Å². The van der Waals surface area contributed by atoms with Gasteiger partial charge in [0.25, 0.3) is 0 Å². The topological polar surface area (TPSA) is 126 Å². The molecule has 1 aromatic rings. The lowest BCUT2D eigenvalue weighted by Crippen LogP contribution is -2.37. The van der Waals surface area contributed by atoms with Gasteiger partial charge in [-0.1, -0.05) is 0 Å². The highest BCUT2D eigenvalue weighted by Crippen LogP contribution is 2.36. The van der Waals surface area contributed by atoms with E-state index in [4.69, 9.17) is 14.6 Å². The molecule has 0 radical (unpaired) electrons. The Labute approximate surface area is 152 Å². The number of ether oxygens (including phenoxy) is 2. The first kappa shape index (κ1) is 20.4. The maximum Gasteiger partial charge on any atom is 0.341 e. The molecule has 0 aliphatic heterocycles. The standard InChI is InChI=1S/C15H18BrN3O6/c1-3-17-14(22)15(23)19-18-7-9-5-10(16)13(25-8-12(20)21)11(6-9)24-4-2/h5-7H,3-4,8H2,1-2H3,(H,17,22)(H,19,23)(H,20,21)/b18-7-. The Hall–Kier alpha value is -2.62. The average Bonchev–Trinajstić information content (AvgIpc) is 2.54. The zero-order chi connectivity index (χ0) is 18.8. The van der Waals surface area contributed by atoms with E-state index in [0.717, 1.165) is 0 Å². The van der Waals surface area contributed by atoms with Crippen LogP contribution in [-0.4, -0.2) is 48.9 Å². The molecule has 3 N–H and O–H groups in total. The van der Waals surface area contributed by atoms with Crippen molar-refractivity contribution in [3.05, 3.63) is 22.2 Å². The molecule has 0 unspecified atom stereocenters. The van der Waals surface area contributed by atoms with Crippen LogP contribution in [0.3, 0.4) is 0 Å². The lowest BCUT2D eigenvalue weighted by Gasteiger charge is -2.13. The van der Waals surface area contributed by atoms with E-state index in [1.54, 1.807) is 26.0 Å². The second-order valence-electron chi connectivity index (χ2n) is 4.50. The number of carbonyl (C=O) groups is 3. The summed E-state index contributed by atoms with van der Waals surface area (Å²) in [5.41, 5.74) is 2.63. The summed E-state index contributed by atoms with van der Waals surface area (Å²) in [6, 6.07) is 3.16. The van der Waals surface area contributed by atoms with Gasteiger partial charge in [-0.3, -0.25) is 9.59 Å². The summed E-state index contributed by atoms with van der Waals surface area (Å²) < 4.78 is 11.1. The number of nitrogens with one attached hydrogen (secondary N) is 2. The normalized spacial score (nSPS) is 10.4. The first-order valence-corrected chi connectivity index (χ1v) is 8.10. The van der Waals surface area contributed by atoms with E-state index in [9.17, 15) is 14.4 Å². The summed E-state index contributed by atoms with van der Waals surface area (Å²) in [5.74, 6) is -2.23. The van der Waals surface area contributed by atoms with Crippen molar-refractivity contribution < 1.29 is 29.0 Å². The molecule has 0 aromatic heterocycles. The van der Waals surface area contributed by atoms with E-state index in [1.165, 1.54) is 6.21 Å². The average molecular weight is 416 g/mol. The summed E-state index contributed by atoms with van der Waals surface area (Å²) in [7, 11) is 0. The van der Waals surface area contributed by atoms with Crippen molar-refractivity contribution >= 4 is 39.9 Å². The number of halogens is 1. The molecule has 0 aliphatic rings. The zero-order valence-electron chi connectivity index (χ0n) is 13.7. The van der Waals surface area contributed by atoms with Crippen LogP contribution in [0.5, 0.6) is 11.5 Å². The number of hydrogen-bond donors (Lipinski definition) is 3. The number of hydrogen-bond acceptors (Lipinski definition) is 6. The molecule has 0 saturated carbocycles. The molecule has 0 bridgehead atoms. The SMILES string of the molecule is CCNC(=O)C(=O)N/N=C\c1cc(Br)c(OCC(=O)O)c(OCC)c1. The quantitative estimate of drug-likeness (QED) is 0.328. The van der Waals surface area contributed by atoms with E-state index in [1.807, 2.05) is 0 Å². The Bertz CT molecular complexity index is 677. The predicted molar refractivity (Wildman–Crippen MR) is 92.9 cm³/mol. The molecular weight excluding hydrogens is 398 g/mol. The highest BCUT2D eigenvalue weighted by atomic mass is 79.9. The minimum Gasteiger partial charge on any atom is -0.490 e. The summed E-state index contributed by atoms with van der Waals surface area (Å²) in [6.45, 7) is 3.61. The van der Waals surface area contributed by atoms with Crippen molar-refractivity contribution in [2.75, 3.05) is 19.8 Å². The number of rotatable bonds is 8. The van der Waals surface area contributed by atoms with Crippen molar-refractivity contribution in [1.29, 1.82) is 0 Å². The molecule has 9 nitrogen and oxygen atoms in total. The van der Waals surface area contributed by atoms with Crippen LogP contribution in [0.4, 0.5) is 0 Å². The maximum absolute atomic E-state index is 11.4. The Morgan fingerprint density at radius 3 is 2.56 bits per heavy atom. The Morgan fingerprint density at radius 1 is 1.24 bits per heavy atom. The lowest BCUT2D eigenvalue weighted by molar-refractivity contribution is -0.139. The van der Waals surface area contributed by atoms with Gasteiger partial charge in [0.15, 0.2) is 18.1 Å². The minimum absolute atomic E-state index is 0.243.